The molecule has 1 aliphatic rings. The summed E-state index contributed by atoms with van der Waals surface area (Å²) >= 11 is 1.80. The Hall–Kier alpha value is -1.20. The molecule has 1 aliphatic heterocycles. The number of piperidine rings is 1. The lowest BCUT2D eigenvalue weighted by Crippen LogP contribution is -2.37. The molecular formula is C16H24N4S. The van der Waals surface area contributed by atoms with Crippen molar-refractivity contribution >= 4 is 27.4 Å². The Balaban J connectivity index is 1.77. The van der Waals surface area contributed by atoms with Crippen LogP contribution in [0.15, 0.2) is 12.4 Å². The van der Waals surface area contributed by atoms with Crippen LogP contribution in [-0.2, 0) is 6.42 Å². The van der Waals surface area contributed by atoms with Gasteiger partial charge < -0.3 is 9.80 Å². The first-order valence-corrected chi connectivity index (χ1v) is 8.62. The molecule has 2 aromatic heterocycles. The number of hydrogen-bond acceptors (Lipinski definition) is 5. The van der Waals surface area contributed by atoms with Gasteiger partial charge in [-0.25, -0.2) is 9.97 Å². The predicted molar refractivity (Wildman–Crippen MR) is 90.3 cm³/mol. The summed E-state index contributed by atoms with van der Waals surface area (Å²) in [4.78, 5) is 16.3. The molecule has 0 amide bonds. The summed E-state index contributed by atoms with van der Waals surface area (Å²) in [7, 11) is 4.33. The van der Waals surface area contributed by atoms with Crippen molar-refractivity contribution in [2.24, 2.45) is 5.92 Å². The van der Waals surface area contributed by atoms with Crippen molar-refractivity contribution in [2.45, 2.75) is 26.2 Å². The smallest absolute Gasteiger partial charge is 0.140 e. The molecule has 0 atom stereocenters. The zero-order chi connectivity index (χ0) is 14.8. The van der Waals surface area contributed by atoms with E-state index >= 15 is 0 Å². The Morgan fingerprint density at radius 1 is 1.29 bits per heavy atom. The van der Waals surface area contributed by atoms with Gasteiger partial charge >= 0.3 is 0 Å². The van der Waals surface area contributed by atoms with Crippen molar-refractivity contribution in [2.75, 3.05) is 38.6 Å². The van der Waals surface area contributed by atoms with Gasteiger partial charge in [0.25, 0.3) is 0 Å². The van der Waals surface area contributed by atoms with E-state index in [1.807, 2.05) is 0 Å². The molecule has 5 heteroatoms. The molecule has 0 N–H and O–H groups in total. The van der Waals surface area contributed by atoms with Crippen LogP contribution < -0.4 is 4.90 Å². The second kappa shape index (κ2) is 6.28. The first-order valence-electron chi connectivity index (χ1n) is 7.80. The molecule has 2 aromatic rings. The second-order valence-electron chi connectivity index (χ2n) is 6.18. The van der Waals surface area contributed by atoms with Crippen LogP contribution in [-0.4, -0.2) is 48.6 Å². The number of thiophene rings is 1. The zero-order valence-corrected chi connectivity index (χ0v) is 14.0. The van der Waals surface area contributed by atoms with Gasteiger partial charge in [0.2, 0.25) is 0 Å². The Labute approximate surface area is 130 Å². The maximum Gasteiger partial charge on any atom is 0.140 e. The fourth-order valence-electron chi connectivity index (χ4n) is 3.16. The summed E-state index contributed by atoms with van der Waals surface area (Å²) in [6, 6.07) is 2.28. The van der Waals surface area contributed by atoms with Crippen LogP contribution in [0.4, 0.5) is 5.82 Å². The number of nitrogens with zero attached hydrogens (tertiary/aromatic N) is 4. The maximum atomic E-state index is 4.58. The average molecular weight is 304 g/mol. The molecule has 0 radical (unpaired) electrons. The van der Waals surface area contributed by atoms with Gasteiger partial charge in [-0.15, -0.1) is 11.3 Å². The van der Waals surface area contributed by atoms with E-state index in [0.29, 0.717) is 0 Å². The van der Waals surface area contributed by atoms with Crippen LogP contribution in [0.3, 0.4) is 0 Å². The van der Waals surface area contributed by atoms with Crippen molar-refractivity contribution in [3.05, 3.63) is 17.3 Å². The SMILES string of the molecule is CCc1cc2c(N3CCC(CN(C)C)CC3)ncnc2s1. The molecular weight excluding hydrogens is 280 g/mol. The quantitative estimate of drug-likeness (QED) is 0.869. The first kappa shape index (κ1) is 14.7. The van der Waals surface area contributed by atoms with Crippen LogP contribution in [0, 0.1) is 5.92 Å². The summed E-state index contributed by atoms with van der Waals surface area (Å²) in [5, 5.41) is 1.24. The van der Waals surface area contributed by atoms with Gasteiger partial charge in [-0.1, -0.05) is 6.92 Å². The Morgan fingerprint density at radius 2 is 2.05 bits per heavy atom. The highest BCUT2D eigenvalue weighted by atomic mass is 32.1. The van der Waals surface area contributed by atoms with Gasteiger partial charge in [-0.05, 0) is 45.3 Å². The molecule has 0 bridgehead atoms. The third-order valence-corrected chi connectivity index (χ3v) is 5.43. The monoisotopic (exact) mass is 304 g/mol. The molecule has 114 valence electrons. The Bertz CT molecular complexity index is 599. The molecule has 3 heterocycles. The molecule has 0 aliphatic carbocycles. The van der Waals surface area contributed by atoms with Crippen molar-refractivity contribution < 1.29 is 0 Å². The number of fused-ring (bicyclic) bond motifs is 1. The summed E-state index contributed by atoms with van der Waals surface area (Å²) < 4.78 is 0. The molecule has 0 unspecified atom stereocenters. The Kier molecular flexibility index (Phi) is 4.40. The predicted octanol–water partition coefficient (Wildman–Crippen LogP) is 3.03. The lowest BCUT2D eigenvalue weighted by molar-refractivity contribution is 0.285. The van der Waals surface area contributed by atoms with E-state index in [2.05, 4.69) is 46.9 Å². The van der Waals surface area contributed by atoms with Crippen molar-refractivity contribution in [1.82, 2.24) is 14.9 Å². The third-order valence-electron chi connectivity index (χ3n) is 4.25. The summed E-state index contributed by atoms with van der Waals surface area (Å²) in [6.45, 7) is 5.62. The number of aromatic nitrogens is 2. The third kappa shape index (κ3) is 3.19. The van der Waals surface area contributed by atoms with Crippen molar-refractivity contribution in [3.8, 4) is 0 Å². The zero-order valence-electron chi connectivity index (χ0n) is 13.2. The van der Waals surface area contributed by atoms with Crippen molar-refractivity contribution in [3.63, 3.8) is 0 Å². The van der Waals surface area contributed by atoms with E-state index in [0.717, 1.165) is 36.1 Å². The molecule has 0 saturated carbocycles. The lowest BCUT2D eigenvalue weighted by Gasteiger charge is -2.34. The standard InChI is InChI=1S/C16H24N4S/c1-4-13-9-14-15(17-11-18-16(14)21-13)20-7-5-12(6-8-20)10-19(2)3/h9,11-12H,4-8,10H2,1-3H3. The van der Waals surface area contributed by atoms with Crippen LogP contribution >= 0.6 is 11.3 Å². The van der Waals surface area contributed by atoms with E-state index in [1.54, 1.807) is 17.7 Å². The van der Waals surface area contributed by atoms with E-state index in [-0.39, 0.29) is 0 Å². The molecule has 4 nitrogen and oxygen atoms in total. The minimum atomic E-state index is 0.822. The van der Waals surface area contributed by atoms with E-state index in [1.165, 1.54) is 29.6 Å². The fourth-order valence-corrected chi connectivity index (χ4v) is 4.09. The van der Waals surface area contributed by atoms with E-state index < -0.39 is 0 Å². The lowest BCUT2D eigenvalue weighted by atomic mass is 9.96. The normalized spacial score (nSPS) is 17.0. The minimum absolute atomic E-state index is 0.822. The van der Waals surface area contributed by atoms with Gasteiger partial charge in [0.1, 0.15) is 17.0 Å². The number of rotatable bonds is 4. The van der Waals surface area contributed by atoms with Crippen LogP contribution in [0.25, 0.3) is 10.2 Å². The maximum absolute atomic E-state index is 4.58. The highest BCUT2D eigenvalue weighted by Crippen LogP contribution is 2.32. The topological polar surface area (TPSA) is 32.3 Å². The summed E-state index contributed by atoms with van der Waals surface area (Å²) in [6.07, 6.45) is 5.31. The molecule has 21 heavy (non-hydrogen) atoms. The highest BCUT2D eigenvalue weighted by Gasteiger charge is 2.22. The first-order chi connectivity index (χ1) is 10.2. The molecule has 0 aromatic carbocycles. The van der Waals surface area contributed by atoms with E-state index in [9.17, 15) is 0 Å². The van der Waals surface area contributed by atoms with Crippen molar-refractivity contribution in [1.29, 1.82) is 0 Å². The summed E-state index contributed by atoms with van der Waals surface area (Å²) in [5.41, 5.74) is 0. The molecule has 1 saturated heterocycles. The highest BCUT2D eigenvalue weighted by molar-refractivity contribution is 7.18. The van der Waals surface area contributed by atoms with Crippen LogP contribution in [0.5, 0.6) is 0 Å². The Morgan fingerprint density at radius 3 is 2.71 bits per heavy atom. The van der Waals surface area contributed by atoms with E-state index in [4.69, 9.17) is 0 Å². The fraction of sp³-hybridized carbons (Fsp3) is 0.625. The average Bonchev–Trinajstić information content (AvgIpc) is 2.90. The van der Waals surface area contributed by atoms with Gasteiger partial charge in [-0.3, -0.25) is 0 Å². The number of anilines is 1. The van der Waals surface area contributed by atoms with Crippen LogP contribution in [0.2, 0.25) is 0 Å². The molecule has 0 spiro atoms. The molecule has 3 rings (SSSR count). The second-order valence-corrected chi connectivity index (χ2v) is 7.29. The van der Waals surface area contributed by atoms with Gasteiger partial charge in [0.05, 0.1) is 5.39 Å². The largest absolute Gasteiger partial charge is 0.356 e. The van der Waals surface area contributed by atoms with Gasteiger partial charge in [0.15, 0.2) is 0 Å². The van der Waals surface area contributed by atoms with Gasteiger partial charge in [-0.2, -0.15) is 0 Å². The molecule has 1 fully saturated rings. The van der Waals surface area contributed by atoms with Crippen LogP contribution in [0.1, 0.15) is 24.6 Å². The van der Waals surface area contributed by atoms with Gasteiger partial charge in [0, 0.05) is 24.5 Å². The number of hydrogen-bond donors (Lipinski definition) is 0. The minimum Gasteiger partial charge on any atom is -0.356 e. The summed E-state index contributed by atoms with van der Waals surface area (Å²) in [5.74, 6) is 1.96. The number of aryl methyl sites for hydroxylation is 1.